The summed E-state index contributed by atoms with van der Waals surface area (Å²) >= 11 is 0. The van der Waals surface area contributed by atoms with Gasteiger partial charge in [-0.2, -0.15) is 0 Å². The number of hydrogen-bond donors (Lipinski definition) is 2. The summed E-state index contributed by atoms with van der Waals surface area (Å²) in [6.45, 7) is 14.6. The third-order valence-corrected chi connectivity index (χ3v) is 13.0. The standard InChI is InChI=1S/C27H34N2O5.C26H31FN2O4/c1-3-33-16-15-29-19-24(23-18-21(32-2)8-9-25(23)29)20-10-12-28(13-11-20)14-17-34-26-7-5-4-6-22(26)27(30)31;1-2-32-15-14-29-18-23(22-17-20(27)7-8-24(22)29)19-9-11-28(12-10-19)13-16-33-25-6-4-3-5-21(25)26(30)31/h4-9,18-20H,3,10-17H2,1-2H3,(H,30,31);3-8,17-19H,2,9-16H2,1H3,(H,30,31). The van der Waals surface area contributed by atoms with E-state index in [9.17, 15) is 24.2 Å². The summed E-state index contributed by atoms with van der Waals surface area (Å²) in [5.74, 6) is 0.438. The van der Waals surface area contributed by atoms with Crippen LogP contribution in [0.25, 0.3) is 21.8 Å². The number of likely N-dealkylation sites (tertiary alicyclic amines) is 2. The van der Waals surface area contributed by atoms with Gasteiger partial charge in [-0.1, -0.05) is 24.3 Å². The number of carboxylic acid groups (broad SMARTS) is 2. The molecule has 4 aromatic carbocycles. The van der Waals surface area contributed by atoms with Crippen molar-refractivity contribution in [2.45, 2.75) is 64.5 Å². The minimum absolute atomic E-state index is 0.184. The molecule has 358 valence electrons. The Bertz CT molecular complexity index is 2540. The maximum Gasteiger partial charge on any atom is 0.339 e. The molecule has 67 heavy (non-hydrogen) atoms. The van der Waals surface area contributed by atoms with E-state index in [0.717, 1.165) is 101 Å². The molecule has 0 spiro atoms. The van der Waals surface area contributed by atoms with Gasteiger partial charge in [0.25, 0.3) is 0 Å². The van der Waals surface area contributed by atoms with E-state index in [0.29, 0.717) is 56.4 Å². The minimum Gasteiger partial charge on any atom is -0.497 e. The molecule has 0 unspecified atom stereocenters. The monoisotopic (exact) mass is 920 g/mol. The summed E-state index contributed by atoms with van der Waals surface area (Å²) in [4.78, 5) is 27.4. The number of benzene rings is 4. The van der Waals surface area contributed by atoms with Crippen LogP contribution in [0.4, 0.5) is 4.39 Å². The second-order valence-electron chi connectivity index (χ2n) is 17.0. The number of halogens is 1. The molecular formula is C53H65FN4O9. The molecule has 2 aromatic heterocycles. The Labute approximate surface area is 392 Å². The first-order valence-electron chi connectivity index (χ1n) is 23.6. The van der Waals surface area contributed by atoms with Crippen LogP contribution in [0.1, 0.15) is 83.2 Å². The van der Waals surface area contributed by atoms with E-state index in [1.165, 1.54) is 28.1 Å². The van der Waals surface area contributed by atoms with Gasteiger partial charge in [-0.05, 0) is 149 Å². The maximum atomic E-state index is 14.0. The predicted octanol–water partition coefficient (Wildman–Crippen LogP) is 9.42. The summed E-state index contributed by atoms with van der Waals surface area (Å²) in [7, 11) is 1.71. The van der Waals surface area contributed by atoms with Gasteiger partial charge < -0.3 is 43.0 Å². The van der Waals surface area contributed by atoms with Crippen molar-refractivity contribution in [2.24, 2.45) is 0 Å². The van der Waals surface area contributed by atoms with Crippen LogP contribution in [0, 0.1) is 5.82 Å². The van der Waals surface area contributed by atoms with Gasteiger partial charge in [0, 0.05) is 73.6 Å². The van der Waals surface area contributed by atoms with Gasteiger partial charge >= 0.3 is 11.9 Å². The molecule has 0 bridgehead atoms. The molecule has 2 fully saturated rings. The average Bonchev–Trinajstić information content (AvgIpc) is 3.89. The van der Waals surface area contributed by atoms with Crippen molar-refractivity contribution >= 4 is 33.7 Å². The van der Waals surface area contributed by atoms with E-state index in [-0.39, 0.29) is 16.9 Å². The van der Waals surface area contributed by atoms with Crippen molar-refractivity contribution in [3.8, 4) is 17.2 Å². The summed E-state index contributed by atoms with van der Waals surface area (Å²) in [6.07, 6.45) is 8.62. The number of carboxylic acids is 2. The predicted molar refractivity (Wildman–Crippen MR) is 258 cm³/mol. The van der Waals surface area contributed by atoms with Crippen molar-refractivity contribution < 1.29 is 47.9 Å². The number of aromatic carboxylic acids is 2. The Balaban J connectivity index is 0.000000199. The molecule has 0 saturated carbocycles. The Kier molecular flexibility index (Phi) is 17.7. The third kappa shape index (κ3) is 12.7. The van der Waals surface area contributed by atoms with Crippen molar-refractivity contribution in [3.05, 3.63) is 125 Å². The topological polar surface area (TPSA) is 137 Å². The fraction of sp³-hybridized carbons (Fsp3) is 0.434. The SMILES string of the molecule is CCOCCn1cc(C2CCN(CCOc3ccccc3C(=O)O)CC2)c2cc(F)ccc21.CCOCCn1cc(C2CCN(CCOc3ccccc3C(=O)O)CC2)c2cc(OC)ccc21. The fourth-order valence-electron chi connectivity index (χ4n) is 9.41. The van der Waals surface area contributed by atoms with Gasteiger partial charge in [0.15, 0.2) is 0 Å². The number of ether oxygens (including phenoxy) is 5. The number of fused-ring (bicyclic) bond motifs is 2. The van der Waals surface area contributed by atoms with Gasteiger partial charge in [0.05, 0.1) is 20.3 Å². The Morgan fingerprint density at radius 2 is 1.04 bits per heavy atom. The number of para-hydroxylation sites is 2. The highest BCUT2D eigenvalue weighted by Crippen LogP contribution is 2.37. The first kappa shape index (κ1) is 49.0. The summed E-state index contributed by atoms with van der Waals surface area (Å²) in [5.41, 5.74) is 5.27. The van der Waals surface area contributed by atoms with E-state index in [1.807, 2.05) is 26.0 Å². The van der Waals surface area contributed by atoms with Crippen LogP contribution in [0.2, 0.25) is 0 Å². The quantitative estimate of drug-likeness (QED) is 0.0669. The zero-order valence-electron chi connectivity index (χ0n) is 39.0. The summed E-state index contributed by atoms with van der Waals surface area (Å²) in [5, 5.41) is 20.9. The largest absolute Gasteiger partial charge is 0.497 e. The molecule has 0 radical (unpaired) electrons. The Morgan fingerprint density at radius 1 is 0.597 bits per heavy atom. The van der Waals surface area contributed by atoms with E-state index in [4.69, 9.17) is 23.7 Å². The molecule has 0 atom stereocenters. The third-order valence-electron chi connectivity index (χ3n) is 13.0. The lowest BCUT2D eigenvalue weighted by Crippen LogP contribution is -2.35. The molecule has 0 aliphatic carbocycles. The molecule has 4 heterocycles. The average molecular weight is 921 g/mol. The number of hydrogen-bond acceptors (Lipinski definition) is 9. The van der Waals surface area contributed by atoms with E-state index >= 15 is 0 Å². The van der Waals surface area contributed by atoms with Gasteiger partial charge in [-0.3, -0.25) is 9.80 Å². The molecule has 2 aliphatic heterocycles. The van der Waals surface area contributed by atoms with Crippen LogP contribution < -0.4 is 14.2 Å². The number of aromatic nitrogens is 2. The highest BCUT2D eigenvalue weighted by atomic mass is 19.1. The van der Waals surface area contributed by atoms with Crippen molar-refractivity contribution in [1.29, 1.82) is 0 Å². The second-order valence-corrected chi connectivity index (χ2v) is 17.0. The van der Waals surface area contributed by atoms with Crippen LogP contribution in [0.3, 0.4) is 0 Å². The van der Waals surface area contributed by atoms with Gasteiger partial charge in [0.1, 0.15) is 47.4 Å². The Hall–Kier alpha value is -5.93. The fourth-order valence-corrected chi connectivity index (χ4v) is 9.41. The number of nitrogens with zero attached hydrogens (tertiary/aromatic N) is 4. The Morgan fingerprint density at radius 3 is 1.49 bits per heavy atom. The second kappa shape index (κ2) is 24.2. The van der Waals surface area contributed by atoms with Crippen molar-refractivity contribution in [3.63, 3.8) is 0 Å². The molecule has 8 rings (SSSR count). The van der Waals surface area contributed by atoms with Crippen LogP contribution in [0.5, 0.6) is 17.2 Å². The zero-order valence-corrected chi connectivity index (χ0v) is 39.0. The number of rotatable bonds is 21. The number of piperidine rings is 2. The molecule has 0 amide bonds. The maximum absolute atomic E-state index is 14.0. The van der Waals surface area contributed by atoms with Crippen LogP contribution >= 0.6 is 0 Å². The molecule has 2 N–H and O–H groups in total. The molecule has 2 aliphatic rings. The van der Waals surface area contributed by atoms with Crippen LogP contribution in [0.15, 0.2) is 97.3 Å². The first-order chi connectivity index (χ1) is 32.7. The first-order valence-corrected chi connectivity index (χ1v) is 23.6. The van der Waals surface area contributed by atoms with E-state index in [1.54, 1.807) is 61.7 Å². The van der Waals surface area contributed by atoms with Crippen LogP contribution in [-0.4, -0.2) is 127 Å². The number of methoxy groups -OCH3 is 1. The normalized spacial score (nSPS) is 15.1. The lowest BCUT2D eigenvalue weighted by Gasteiger charge is -2.31. The minimum atomic E-state index is -0.983. The zero-order chi connectivity index (χ0) is 47.1. The van der Waals surface area contributed by atoms with E-state index < -0.39 is 11.9 Å². The summed E-state index contributed by atoms with van der Waals surface area (Å²) < 4.78 is 46.7. The molecule has 13 nitrogen and oxygen atoms in total. The van der Waals surface area contributed by atoms with Crippen molar-refractivity contribution in [2.75, 3.05) is 86.0 Å². The smallest absolute Gasteiger partial charge is 0.339 e. The molecular weight excluding hydrogens is 856 g/mol. The number of carbonyl (C=O) groups is 2. The van der Waals surface area contributed by atoms with Crippen molar-refractivity contribution in [1.82, 2.24) is 18.9 Å². The molecule has 2 saturated heterocycles. The van der Waals surface area contributed by atoms with Gasteiger partial charge in [-0.25, -0.2) is 14.0 Å². The lowest BCUT2D eigenvalue weighted by molar-refractivity contribution is 0.0680. The lowest BCUT2D eigenvalue weighted by atomic mass is 9.89. The highest BCUT2D eigenvalue weighted by Gasteiger charge is 2.26. The molecule has 6 aromatic rings. The highest BCUT2D eigenvalue weighted by molar-refractivity contribution is 5.91. The van der Waals surface area contributed by atoms with Gasteiger partial charge in [0.2, 0.25) is 0 Å². The molecule has 14 heteroatoms. The summed E-state index contributed by atoms with van der Waals surface area (Å²) in [6, 6.07) is 24.9. The van der Waals surface area contributed by atoms with Crippen LogP contribution in [-0.2, 0) is 22.6 Å². The van der Waals surface area contributed by atoms with E-state index in [2.05, 4.69) is 43.5 Å². The van der Waals surface area contributed by atoms with Gasteiger partial charge in [-0.15, -0.1) is 0 Å².